The summed E-state index contributed by atoms with van der Waals surface area (Å²) in [5, 5.41) is 17.1. The van der Waals surface area contributed by atoms with Gasteiger partial charge in [0.2, 0.25) is 0 Å². The van der Waals surface area contributed by atoms with Gasteiger partial charge in [-0.25, -0.2) is 4.79 Å². The van der Waals surface area contributed by atoms with Gasteiger partial charge >= 0.3 is 12.0 Å². The fourth-order valence-electron chi connectivity index (χ4n) is 1.77. The maximum Gasteiger partial charge on any atom is 0.319 e. The van der Waals surface area contributed by atoms with Crippen LogP contribution in [-0.4, -0.2) is 30.2 Å². The maximum atomic E-state index is 11.8. The van der Waals surface area contributed by atoms with Gasteiger partial charge in [0.1, 0.15) is 0 Å². The first-order chi connectivity index (χ1) is 9.51. The average Bonchev–Trinajstić information content (AvgIpc) is 2.37. The molecule has 1 aromatic carbocycles. The molecule has 0 heterocycles. The van der Waals surface area contributed by atoms with Crippen molar-refractivity contribution in [3.63, 3.8) is 0 Å². The number of rotatable bonds is 7. The third-order valence-corrected chi connectivity index (χ3v) is 2.73. The van der Waals surface area contributed by atoms with Crippen LogP contribution in [0.1, 0.15) is 25.3 Å². The summed E-state index contributed by atoms with van der Waals surface area (Å²) in [6, 6.07) is 7.01. The highest BCUT2D eigenvalue weighted by atomic mass is 16.4. The molecule has 1 atom stereocenters. The third-order valence-electron chi connectivity index (χ3n) is 2.73. The van der Waals surface area contributed by atoms with Gasteiger partial charge in [0.15, 0.2) is 0 Å². The molecular weight excluding hydrogens is 258 g/mol. The van der Waals surface area contributed by atoms with Crippen LogP contribution < -0.4 is 16.0 Å². The molecule has 110 valence electrons. The number of anilines is 1. The fraction of sp³-hybridized carbons (Fsp3) is 0.429. The lowest BCUT2D eigenvalue weighted by Gasteiger charge is -2.14. The lowest BCUT2D eigenvalue weighted by atomic mass is 10.2. The summed E-state index contributed by atoms with van der Waals surface area (Å²) in [7, 11) is 1.86. The van der Waals surface area contributed by atoms with Gasteiger partial charge in [0.25, 0.3) is 0 Å². The molecule has 6 nitrogen and oxygen atoms in total. The summed E-state index contributed by atoms with van der Waals surface area (Å²) in [4.78, 5) is 22.2. The van der Waals surface area contributed by atoms with Crippen LogP contribution >= 0.6 is 0 Å². The SMILES string of the molecule is CNCc1cccc(NC(=O)NC(C)CCC(=O)O)c1. The molecule has 0 saturated carbocycles. The van der Waals surface area contributed by atoms with E-state index in [4.69, 9.17) is 5.11 Å². The van der Waals surface area contributed by atoms with Gasteiger partial charge in [0.05, 0.1) is 0 Å². The zero-order valence-electron chi connectivity index (χ0n) is 11.8. The second-order valence-corrected chi connectivity index (χ2v) is 4.66. The lowest BCUT2D eigenvalue weighted by Crippen LogP contribution is -2.36. The van der Waals surface area contributed by atoms with E-state index in [0.717, 1.165) is 12.1 Å². The van der Waals surface area contributed by atoms with Crippen molar-refractivity contribution in [3.05, 3.63) is 29.8 Å². The number of carbonyl (C=O) groups excluding carboxylic acids is 1. The van der Waals surface area contributed by atoms with Crippen molar-refractivity contribution >= 4 is 17.7 Å². The normalized spacial score (nSPS) is 11.7. The monoisotopic (exact) mass is 279 g/mol. The van der Waals surface area contributed by atoms with Crippen LogP contribution in [0.15, 0.2) is 24.3 Å². The van der Waals surface area contributed by atoms with Crippen LogP contribution in [0.2, 0.25) is 0 Å². The van der Waals surface area contributed by atoms with E-state index < -0.39 is 5.97 Å². The molecule has 2 amide bonds. The van der Waals surface area contributed by atoms with Gasteiger partial charge in [0, 0.05) is 24.7 Å². The average molecular weight is 279 g/mol. The zero-order valence-corrected chi connectivity index (χ0v) is 11.8. The summed E-state index contributed by atoms with van der Waals surface area (Å²) >= 11 is 0. The van der Waals surface area contributed by atoms with Crippen LogP contribution in [-0.2, 0) is 11.3 Å². The van der Waals surface area contributed by atoms with Crippen LogP contribution in [0.3, 0.4) is 0 Å². The minimum atomic E-state index is -0.862. The summed E-state index contributed by atoms with van der Waals surface area (Å²) in [6.07, 6.45) is 0.446. The fourth-order valence-corrected chi connectivity index (χ4v) is 1.77. The smallest absolute Gasteiger partial charge is 0.319 e. The van der Waals surface area contributed by atoms with E-state index >= 15 is 0 Å². The molecule has 0 fully saturated rings. The summed E-state index contributed by atoms with van der Waals surface area (Å²) < 4.78 is 0. The minimum absolute atomic E-state index is 0.0408. The molecule has 6 heteroatoms. The number of benzene rings is 1. The van der Waals surface area contributed by atoms with E-state index in [2.05, 4.69) is 16.0 Å². The number of hydrogen-bond donors (Lipinski definition) is 4. The number of amides is 2. The van der Waals surface area contributed by atoms with Crippen LogP contribution in [0.5, 0.6) is 0 Å². The Labute approximate surface area is 118 Å². The number of hydrogen-bond acceptors (Lipinski definition) is 3. The molecule has 0 bridgehead atoms. The Morgan fingerprint density at radius 1 is 1.35 bits per heavy atom. The van der Waals surface area contributed by atoms with Crippen LogP contribution in [0, 0.1) is 0 Å². The molecule has 0 aliphatic carbocycles. The van der Waals surface area contributed by atoms with Crippen LogP contribution in [0.4, 0.5) is 10.5 Å². The van der Waals surface area contributed by atoms with Gasteiger partial charge in [-0.2, -0.15) is 0 Å². The quantitative estimate of drug-likeness (QED) is 0.612. The Bertz CT molecular complexity index is 463. The second kappa shape index (κ2) is 8.16. The maximum absolute atomic E-state index is 11.8. The highest BCUT2D eigenvalue weighted by molar-refractivity contribution is 5.89. The summed E-state index contributed by atoms with van der Waals surface area (Å²) in [5.74, 6) is -0.862. The van der Waals surface area contributed by atoms with E-state index in [-0.39, 0.29) is 18.5 Å². The molecule has 20 heavy (non-hydrogen) atoms. The molecular formula is C14H21N3O3. The van der Waals surface area contributed by atoms with Gasteiger partial charge in [-0.1, -0.05) is 12.1 Å². The topological polar surface area (TPSA) is 90.5 Å². The first-order valence-electron chi connectivity index (χ1n) is 6.54. The summed E-state index contributed by atoms with van der Waals surface area (Å²) in [5.41, 5.74) is 1.78. The zero-order chi connectivity index (χ0) is 15.0. The number of aliphatic carboxylic acids is 1. The first kappa shape index (κ1) is 16.0. The largest absolute Gasteiger partial charge is 0.481 e. The van der Waals surface area contributed by atoms with Gasteiger partial charge in [-0.3, -0.25) is 4.79 Å². The molecule has 0 aromatic heterocycles. The van der Waals surface area contributed by atoms with Gasteiger partial charge < -0.3 is 21.1 Å². The van der Waals surface area contributed by atoms with Crippen molar-refractivity contribution in [2.75, 3.05) is 12.4 Å². The number of carbonyl (C=O) groups is 2. The predicted molar refractivity (Wildman–Crippen MR) is 77.7 cm³/mol. The Morgan fingerprint density at radius 3 is 2.75 bits per heavy atom. The van der Waals surface area contributed by atoms with Crippen molar-refractivity contribution in [1.29, 1.82) is 0 Å². The Balaban J connectivity index is 2.45. The van der Waals surface area contributed by atoms with Crippen LogP contribution in [0.25, 0.3) is 0 Å². The minimum Gasteiger partial charge on any atom is -0.481 e. The predicted octanol–water partition coefficient (Wildman–Crippen LogP) is 1.78. The van der Waals surface area contributed by atoms with Gasteiger partial charge in [-0.15, -0.1) is 0 Å². The number of carboxylic acid groups (broad SMARTS) is 1. The van der Waals surface area contributed by atoms with Crippen molar-refractivity contribution in [2.45, 2.75) is 32.4 Å². The molecule has 0 spiro atoms. The van der Waals surface area contributed by atoms with Crippen molar-refractivity contribution in [1.82, 2.24) is 10.6 Å². The van der Waals surface area contributed by atoms with E-state index in [1.54, 1.807) is 13.0 Å². The molecule has 0 radical (unpaired) electrons. The highest BCUT2D eigenvalue weighted by Crippen LogP contribution is 2.10. The van der Waals surface area contributed by atoms with Crippen molar-refractivity contribution in [3.8, 4) is 0 Å². The van der Waals surface area contributed by atoms with E-state index in [0.29, 0.717) is 12.1 Å². The van der Waals surface area contributed by atoms with E-state index in [1.165, 1.54) is 0 Å². The molecule has 0 aliphatic heterocycles. The molecule has 0 aliphatic rings. The lowest BCUT2D eigenvalue weighted by molar-refractivity contribution is -0.137. The molecule has 0 saturated heterocycles. The Hall–Kier alpha value is -2.08. The standard InChI is InChI=1S/C14H21N3O3/c1-10(6-7-13(18)19)16-14(20)17-12-5-3-4-11(8-12)9-15-2/h3-5,8,10,15H,6-7,9H2,1-2H3,(H,18,19)(H2,16,17,20). The number of nitrogens with one attached hydrogen (secondary N) is 3. The number of carboxylic acids is 1. The molecule has 1 aromatic rings. The van der Waals surface area contributed by atoms with Gasteiger partial charge in [-0.05, 0) is 38.1 Å². The van der Waals surface area contributed by atoms with E-state index in [9.17, 15) is 9.59 Å². The molecule has 4 N–H and O–H groups in total. The molecule has 1 rings (SSSR count). The Kier molecular flexibility index (Phi) is 6.52. The Morgan fingerprint density at radius 2 is 2.10 bits per heavy atom. The van der Waals surface area contributed by atoms with E-state index in [1.807, 2.05) is 25.2 Å². The second-order valence-electron chi connectivity index (χ2n) is 4.66. The third kappa shape index (κ3) is 6.19. The van der Waals surface area contributed by atoms with Crippen molar-refractivity contribution in [2.24, 2.45) is 0 Å². The number of urea groups is 1. The van der Waals surface area contributed by atoms with Crippen molar-refractivity contribution < 1.29 is 14.7 Å². The highest BCUT2D eigenvalue weighted by Gasteiger charge is 2.09. The first-order valence-corrected chi connectivity index (χ1v) is 6.54. The molecule has 1 unspecified atom stereocenters. The summed E-state index contributed by atoms with van der Waals surface area (Å²) in [6.45, 7) is 2.51.